The van der Waals surface area contributed by atoms with Gasteiger partial charge in [0.25, 0.3) is 0 Å². The van der Waals surface area contributed by atoms with Crippen molar-refractivity contribution in [3.8, 4) is 28.5 Å². The molecule has 2 heterocycles. The van der Waals surface area contributed by atoms with Gasteiger partial charge in [-0.05, 0) is 31.4 Å². The molecule has 1 aliphatic rings. The first-order chi connectivity index (χ1) is 14.9. The minimum absolute atomic E-state index is 0.110. The summed E-state index contributed by atoms with van der Waals surface area (Å²) in [6.45, 7) is 5.54. The van der Waals surface area contributed by atoms with Crippen molar-refractivity contribution in [1.29, 1.82) is 0 Å². The highest BCUT2D eigenvalue weighted by molar-refractivity contribution is 5.74. The van der Waals surface area contributed by atoms with Gasteiger partial charge in [-0.15, -0.1) is 0 Å². The molecular formula is C22H30N4O5. The summed E-state index contributed by atoms with van der Waals surface area (Å²) >= 11 is 0. The first kappa shape index (κ1) is 22.5. The molecule has 1 aromatic heterocycles. The van der Waals surface area contributed by atoms with Gasteiger partial charge in [0.05, 0.1) is 45.7 Å². The highest BCUT2D eigenvalue weighted by atomic mass is 16.5. The van der Waals surface area contributed by atoms with Crippen LogP contribution in [0, 0.1) is 11.8 Å². The molecule has 0 bridgehead atoms. The van der Waals surface area contributed by atoms with Crippen LogP contribution in [0.3, 0.4) is 0 Å². The molecule has 9 heteroatoms. The lowest BCUT2D eigenvalue weighted by molar-refractivity contribution is -0.150. The molecule has 0 saturated carbocycles. The standard InChI is InChI=1S/C22H30N4O5/c1-6-31-22(27)15-7-8-26(12-13(15)2)21-20(23)24-11-16(25-21)14-9-17(28-3)19(30-5)18(10-14)29-4/h9-11,13,15H,6-8,12H2,1-5H3,(H2,23,24)/t13-,15+/m1/s1. The molecule has 0 radical (unpaired) electrons. The fourth-order valence-corrected chi connectivity index (χ4v) is 3.93. The first-order valence-electron chi connectivity index (χ1n) is 10.3. The molecule has 1 fully saturated rings. The van der Waals surface area contributed by atoms with Crippen molar-refractivity contribution in [3.63, 3.8) is 0 Å². The van der Waals surface area contributed by atoms with E-state index >= 15 is 0 Å². The number of nitrogen functional groups attached to an aromatic ring is 1. The number of piperidine rings is 1. The van der Waals surface area contributed by atoms with Crippen molar-refractivity contribution in [2.45, 2.75) is 20.3 Å². The molecule has 168 valence electrons. The van der Waals surface area contributed by atoms with E-state index < -0.39 is 0 Å². The molecule has 2 aromatic rings. The number of benzene rings is 1. The molecule has 1 aromatic carbocycles. The van der Waals surface area contributed by atoms with E-state index in [-0.39, 0.29) is 17.8 Å². The molecule has 0 unspecified atom stereocenters. The van der Waals surface area contributed by atoms with Gasteiger partial charge >= 0.3 is 5.97 Å². The van der Waals surface area contributed by atoms with Gasteiger partial charge in [-0.2, -0.15) is 0 Å². The van der Waals surface area contributed by atoms with E-state index in [9.17, 15) is 4.79 Å². The van der Waals surface area contributed by atoms with Crippen molar-refractivity contribution in [2.24, 2.45) is 11.8 Å². The summed E-state index contributed by atoms with van der Waals surface area (Å²) in [4.78, 5) is 23.4. The molecule has 0 amide bonds. The Morgan fingerprint density at radius 3 is 2.42 bits per heavy atom. The molecule has 0 spiro atoms. The topological polar surface area (TPSA) is 109 Å². The maximum absolute atomic E-state index is 12.2. The summed E-state index contributed by atoms with van der Waals surface area (Å²) in [6, 6.07) is 3.64. The number of rotatable bonds is 7. The van der Waals surface area contributed by atoms with Crippen LogP contribution in [0.4, 0.5) is 11.6 Å². The molecule has 2 N–H and O–H groups in total. The summed E-state index contributed by atoms with van der Waals surface area (Å²) in [7, 11) is 4.69. The zero-order chi connectivity index (χ0) is 22.5. The lowest BCUT2D eigenvalue weighted by Gasteiger charge is -2.36. The minimum atomic E-state index is -0.139. The van der Waals surface area contributed by atoms with Crippen LogP contribution in [0.15, 0.2) is 18.3 Å². The van der Waals surface area contributed by atoms with E-state index in [0.29, 0.717) is 60.7 Å². The highest BCUT2D eigenvalue weighted by Crippen LogP contribution is 2.41. The van der Waals surface area contributed by atoms with E-state index in [2.05, 4.69) is 9.88 Å². The number of anilines is 2. The smallest absolute Gasteiger partial charge is 0.309 e. The number of ether oxygens (including phenoxy) is 4. The lowest BCUT2D eigenvalue weighted by atomic mass is 9.87. The van der Waals surface area contributed by atoms with Gasteiger partial charge in [0, 0.05) is 18.7 Å². The van der Waals surface area contributed by atoms with Crippen LogP contribution in [0.5, 0.6) is 17.2 Å². The predicted molar refractivity (Wildman–Crippen MR) is 118 cm³/mol. The minimum Gasteiger partial charge on any atom is -0.493 e. The molecule has 1 aliphatic heterocycles. The Morgan fingerprint density at radius 2 is 1.87 bits per heavy atom. The van der Waals surface area contributed by atoms with Crippen molar-refractivity contribution < 1.29 is 23.7 Å². The largest absolute Gasteiger partial charge is 0.493 e. The second-order valence-electron chi connectivity index (χ2n) is 7.45. The number of aromatic nitrogens is 2. The maximum Gasteiger partial charge on any atom is 0.309 e. The maximum atomic E-state index is 12.2. The second kappa shape index (κ2) is 9.72. The van der Waals surface area contributed by atoms with Crippen LogP contribution >= 0.6 is 0 Å². The first-order valence-corrected chi connectivity index (χ1v) is 10.3. The predicted octanol–water partition coefficient (Wildman–Crippen LogP) is 2.78. The lowest BCUT2D eigenvalue weighted by Crippen LogP contribution is -2.43. The van der Waals surface area contributed by atoms with Gasteiger partial charge in [-0.1, -0.05) is 6.92 Å². The SMILES string of the molecule is CCOC(=O)[C@H]1CCN(c2nc(-c3cc(OC)c(OC)c(OC)c3)cnc2N)C[C@H]1C. The Hall–Kier alpha value is -3.23. The summed E-state index contributed by atoms with van der Waals surface area (Å²) in [6.07, 6.45) is 2.30. The van der Waals surface area contributed by atoms with Crippen LogP contribution in [-0.2, 0) is 9.53 Å². The molecular weight excluding hydrogens is 400 g/mol. The van der Waals surface area contributed by atoms with Gasteiger partial charge in [0.15, 0.2) is 23.1 Å². The molecule has 0 aliphatic carbocycles. The summed E-state index contributed by atoms with van der Waals surface area (Å²) in [5.41, 5.74) is 7.56. The normalized spacial score (nSPS) is 18.4. The van der Waals surface area contributed by atoms with E-state index in [4.69, 9.17) is 29.7 Å². The van der Waals surface area contributed by atoms with E-state index in [1.165, 1.54) is 0 Å². The fourth-order valence-electron chi connectivity index (χ4n) is 3.93. The van der Waals surface area contributed by atoms with Gasteiger partial charge in [0.1, 0.15) is 0 Å². The van der Waals surface area contributed by atoms with Crippen molar-refractivity contribution in [2.75, 3.05) is 51.7 Å². The number of carbonyl (C=O) groups excluding carboxylic acids is 1. The highest BCUT2D eigenvalue weighted by Gasteiger charge is 2.33. The van der Waals surface area contributed by atoms with Crippen molar-refractivity contribution in [1.82, 2.24) is 9.97 Å². The third-order valence-electron chi connectivity index (χ3n) is 5.54. The Morgan fingerprint density at radius 1 is 1.19 bits per heavy atom. The molecule has 1 saturated heterocycles. The molecule has 2 atom stereocenters. The number of methoxy groups -OCH3 is 3. The van der Waals surface area contributed by atoms with Crippen LogP contribution in [-0.4, -0.2) is 57.0 Å². The summed E-state index contributed by atoms with van der Waals surface area (Å²) in [5, 5.41) is 0. The van der Waals surface area contributed by atoms with Gasteiger partial charge < -0.3 is 29.6 Å². The zero-order valence-corrected chi connectivity index (χ0v) is 18.7. The van der Waals surface area contributed by atoms with Gasteiger partial charge in [-0.3, -0.25) is 4.79 Å². The van der Waals surface area contributed by atoms with E-state index in [1.807, 2.05) is 26.0 Å². The van der Waals surface area contributed by atoms with E-state index in [1.54, 1.807) is 27.5 Å². The van der Waals surface area contributed by atoms with Crippen LogP contribution in [0.2, 0.25) is 0 Å². The monoisotopic (exact) mass is 430 g/mol. The second-order valence-corrected chi connectivity index (χ2v) is 7.45. The third-order valence-corrected chi connectivity index (χ3v) is 5.54. The van der Waals surface area contributed by atoms with Crippen molar-refractivity contribution >= 4 is 17.6 Å². The number of carbonyl (C=O) groups is 1. The van der Waals surface area contributed by atoms with Crippen LogP contribution in [0.1, 0.15) is 20.3 Å². The van der Waals surface area contributed by atoms with Crippen LogP contribution < -0.4 is 24.8 Å². The number of hydrogen-bond acceptors (Lipinski definition) is 9. The number of hydrogen-bond donors (Lipinski definition) is 1. The average molecular weight is 431 g/mol. The Bertz CT molecular complexity index is 911. The van der Waals surface area contributed by atoms with E-state index in [0.717, 1.165) is 5.56 Å². The summed E-state index contributed by atoms with van der Waals surface area (Å²) in [5.74, 6) is 2.36. The Kier molecular flexibility index (Phi) is 7.04. The number of nitrogens with two attached hydrogens (primary N) is 1. The van der Waals surface area contributed by atoms with Gasteiger partial charge in [-0.25, -0.2) is 9.97 Å². The molecule has 31 heavy (non-hydrogen) atoms. The Balaban J connectivity index is 1.91. The van der Waals surface area contributed by atoms with Crippen molar-refractivity contribution in [3.05, 3.63) is 18.3 Å². The van der Waals surface area contributed by atoms with Crippen LogP contribution in [0.25, 0.3) is 11.3 Å². The third kappa shape index (κ3) is 4.60. The van der Waals surface area contributed by atoms with Gasteiger partial charge in [0.2, 0.25) is 5.75 Å². The Labute approximate surface area is 182 Å². The molecule has 9 nitrogen and oxygen atoms in total. The number of esters is 1. The fraction of sp³-hybridized carbons (Fsp3) is 0.500. The number of nitrogens with zero attached hydrogens (tertiary/aromatic N) is 3. The quantitative estimate of drug-likeness (QED) is 0.663. The summed E-state index contributed by atoms with van der Waals surface area (Å²) < 4.78 is 21.5. The zero-order valence-electron chi connectivity index (χ0n) is 18.7. The average Bonchev–Trinajstić information content (AvgIpc) is 2.78. The molecule has 3 rings (SSSR count).